The van der Waals surface area contributed by atoms with Crippen LogP contribution < -0.4 is 5.73 Å². The van der Waals surface area contributed by atoms with Gasteiger partial charge in [0, 0.05) is 6.04 Å². The number of furan rings is 1. The van der Waals surface area contributed by atoms with Gasteiger partial charge in [-0.15, -0.1) is 0 Å². The molecule has 0 aliphatic rings. The van der Waals surface area contributed by atoms with Gasteiger partial charge < -0.3 is 19.6 Å². The first-order chi connectivity index (χ1) is 8.00. The molecule has 0 saturated carbocycles. The lowest BCUT2D eigenvalue weighted by Crippen LogP contribution is -2.28. The van der Waals surface area contributed by atoms with E-state index in [4.69, 9.17) is 19.6 Å². The molecular formula is C13H23NO3. The lowest BCUT2D eigenvalue weighted by atomic mass is 10.1. The Hall–Kier alpha value is -0.840. The van der Waals surface area contributed by atoms with Crippen molar-refractivity contribution >= 4 is 0 Å². The van der Waals surface area contributed by atoms with Gasteiger partial charge in [0.2, 0.25) is 0 Å². The summed E-state index contributed by atoms with van der Waals surface area (Å²) in [6, 6.07) is 3.71. The third-order valence-corrected chi connectivity index (χ3v) is 2.35. The van der Waals surface area contributed by atoms with Crippen molar-refractivity contribution in [2.75, 3.05) is 13.2 Å². The largest absolute Gasteiger partial charge is 0.464 e. The van der Waals surface area contributed by atoms with E-state index in [2.05, 4.69) is 0 Å². The maximum absolute atomic E-state index is 5.89. The predicted octanol–water partition coefficient (Wildman–Crippen LogP) is 2.42. The molecule has 0 aliphatic heterocycles. The molecule has 2 N–H and O–H groups in total. The van der Waals surface area contributed by atoms with Crippen LogP contribution in [0, 0.1) is 6.92 Å². The Morgan fingerprint density at radius 1 is 1.18 bits per heavy atom. The normalized spacial score (nSPS) is 15.2. The van der Waals surface area contributed by atoms with Gasteiger partial charge in [-0.2, -0.15) is 0 Å². The molecule has 1 aromatic rings. The first kappa shape index (κ1) is 14.2. The van der Waals surface area contributed by atoms with E-state index < -0.39 is 0 Å². The van der Waals surface area contributed by atoms with Crippen LogP contribution in [0.5, 0.6) is 0 Å². The molecule has 2 atom stereocenters. The summed E-state index contributed by atoms with van der Waals surface area (Å²) in [6.45, 7) is 8.90. The van der Waals surface area contributed by atoms with Crippen molar-refractivity contribution in [3.63, 3.8) is 0 Å². The summed E-state index contributed by atoms with van der Waals surface area (Å²) >= 11 is 0. The number of hydrogen-bond acceptors (Lipinski definition) is 4. The molecule has 0 fully saturated rings. The van der Waals surface area contributed by atoms with E-state index in [-0.39, 0.29) is 18.2 Å². The summed E-state index contributed by atoms with van der Waals surface area (Å²) in [5.41, 5.74) is 5.89. The average Bonchev–Trinajstić information content (AvgIpc) is 2.63. The topological polar surface area (TPSA) is 57.6 Å². The molecule has 4 nitrogen and oxygen atoms in total. The van der Waals surface area contributed by atoms with E-state index >= 15 is 0 Å². The number of ether oxygens (including phenoxy) is 2. The van der Waals surface area contributed by atoms with Crippen LogP contribution >= 0.6 is 0 Å². The van der Waals surface area contributed by atoms with Crippen LogP contribution in [0.15, 0.2) is 16.5 Å². The van der Waals surface area contributed by atoms with Crippen LogP contribution in [0.25, 0.3) is 0 Å². The number of nitrogens with two attached hydrogens (primary N) is 1. The zero-order chi connectivity index (χ0) is 12.8. The van der Waals surface area contributed by atoms with Crippen LogP contribution in [-0.4, -0.2) is 25.4 Å². The Balaban J connectivity index is 2.44. The van der Waals surface area contributed by atoms with Crippen LogP contribution in [-0.2, 0) is 9.47 Å². The third-order valence-electron chi connectivity index (χ3n) is 2.35. The minimum absolute atomic E-state index is 0.111. The first-order valence-electron chi connectivity index (χ1n) is 6.06. The minimum atomic E-state index is -0.209. The Kier molecular flexibility index (Phi) is 5.68. The Labute approximate surface area is 103 Å². The predicted molar refractivity (Wildman–Crippen MR) is 66.9 cm³/mol. The molecule has 98 valence electrons. The zero-order valence-electron chi connectivity index (χ0n) is 11.1. The molecule has 0 aliphatic carbocycles. The zero-order valence-corrected chi connectivity index (χ0v) is 11.1. The lowest BCUT2D eigenvalue weighted by molar-refractivity contribution is -0.0275. The highest BCUT2D eigenvalue weighted by Gasteiger charge is 2.20. The fourth-order valence-corrected chi connectivity index (χ4v) is 1.56. The summed E-state index contributed by atoms with van der Waals surface area (Å²) in [5.74, 6) is 1.65. The second-order valence-electron chi connectivity index (χ2n) is 4.52. The summed E-state index contributed by atoms with van der Waals surface area (Å²) in [5, 5.41) is 0. The highest BCUT2D eigenvalue weighted by molar-refractivity contribution is 5.09. The van der Waals surface area contributed by atoms with Gasteiger partial charge in [-0.05, 0) is 39.8 Å². The molecule has 0 bridgehead atoms. The van der Waals surface area contributed by atoms with E-state index in [0.717, 1.165) is 11.5 Å². The SMILES string of the molecule is Cc1ccc(C(OCCOC(C)C)C(C)N)o1. The number of aryl methyl sites for hydroxylation is 1. The monoisotopic (exact) mass is 241 g/mol. The van der Waals surface area contributed by atoms with E-state index in [9.17, 15) is 0 Å². The maximum Gasteiger partial charge on any atom is 0.134 e. The highest BCUT2D eigenvalue weighted by Crippen LogP contribution is 2.22. The van der Waals surface area contributed by atoms with Gasteiger partial charge in [0.25, 0.3) is 0 Å². The van der Waals surface area contributed by atoms with Crippen molar-refractivity contribution in [1.29, 1.82) is 0 Å². The second kappa shape index (κ2) is 6.79. The molecule has 0 aromatic carbocycles. The highest BCUT2D eigenvalue weighted by atomic mass is 16.5. The van der Waals surface area contributed by atoms with Gasteiger partial charge in [0.1, 0.15) is 17.6 Å². The molecule has 1 heterocycles. The average molecular weight is 241 g/mol. The fraction of sp³-hybridized carbons (Fsp3) is 0.692. The molecular weight excluding hydrogens is 218 g/mol. The summed E-state index contributed by atoms with van der Waals surface area (Å²) in [6.07, 6.45) is 0.0117. The van der Waals surface area contributed by atoms with E-state index in [0.29, 0.717) is 13.2 Å². The molecule has 0 amide bonds. The van der Waals surface area contributed by atoms with E-state index in [1.165, 1.54) is 0 Å². The maximum atomic E-state index is 5.89. The second-order valence-corrected chi connectivity index (χ2v) is 4.52. The minimum Gasteiger partial charge on any atom is -0.464 e. The van der Waals surface area contributed by atoms with Crippen LogP contribution in [0.2, 0.25) is 0 Å². The van der Waals surface area contributed by atoms with Crippen molar-refractivity contribution in [2.45, 2.75) is 45.9 Å². The Bertz CT molecular complexity index is 320. The van der Waals surface area contributed by atoms with Crippen LogP contribution in [0.4, 0.5) is 0 Å². The van der Waals surface area contributed by atoms with Gasteiger partial charge >= 0.3 is 0 Å². The summed E-state index contributed by atoms with van der Waals surface area (Å²) < 4.78 is 16.7. The molecule has 2 unspecified atom stereocenters. The first-order valence-corrected chi connectivity index (χ1v) is 6.06. The third kappa shape index (κ3) is 4.89. The van der Waals surface area contributed by atoms with Gasteiger partial charge in [-0.3, -0.25) is 0 Å². The molecule has 0 saturated heterocycles. The van der Waals surface area contributed by atoms with Crippen molar-refractivity contribution in [2.24, 2.45) is 5.73 Å². The summed E-state index contributed by atoms with van der Waals surface area (Å²) in [7, 11) is 0. The van der Waals surface area contributed by atoms with Gasteiger partial charge in [0.05, 0.1) is 19.3 Å². The van der Waals surface area contributed by atoms with E-state index in [1.54, 1.807) is 0 Å². The molecule has 1 rings (SSSR count). The molecule has 1 aromatic heterocycles. The van der Waals surface area contributed by atoms with Crippen molar-refractivity contribution < 1.29 is 13.9 Å². The van der Waals surface area contributed by atoms with Crippen molar-refractivity contribution in [3.8, 4) is 0 Å². The molecule has 0 spiro atoms. The fourth-order valence-electron chi connectivity index (χ4n) is 1.56. The van der Waals surface area contributed by atoms with E-state index in [1.807, 2.05) is 39.8 Å². The number of hydrogen-bond donors (Lipinski definition) is 1. The Morgan fingerprint density at radius 3 is 2.29 bits per heavy atom. The van der Waals surface area contributed by atoms with Crippen molar-refractivity contribution in [1.82, 2.24) is 0 Å². The van der Waals surface area contributed by atoms with Crippen molar-refractivity contribution in [3.05, 3.63) is 23.7 Å². The lowest BCUT2D eigenvalue weighted by Gasteiger charge is -2.19. The van der Waals surface area contributed by atoms with Crippen LogP contribution in [0.3, 0.4) is 0 Å². The molecule has 17 heavy (non-hydrogen) atoms. The quantitative estimate of drug-likeness (QED) is 0.745. The van der Waals surface area contributed by atoms with Gasteiger partial charge in [-0.1, -0.05) is 0 Å². The van der Waals surface area contributed by atoms with Crippen LogP contribution in [0.1, 0.15) is 38.4 Å². The standard InChI is InChI=1S/C13H23NO3/c1-9(2)15-7-8-16-13(11(4)14)12-6-5-10(3)17-12/h5-6,9,11,13H,7-8,14H2,1-4H3. The summed E-state index contributed by atoms with van der Waals surface area (Å²) in [4.78, 5) is 0. The molecule has 4 heteroatoms. The Morgan fingerprint density at radius 2 is 1.82 bits per heavy atom. The number of rotatable bonds is 7. The molecule has 0 radical (unpaired) electrons. The smallest absolute Gasteiger partial charge is 0.134 e. The van der Waals surface area contributed by atoms with Gasteiger partial charge in [0.15, 0.2) is 0 Å². The van der Waals surface area contributed by atoms with Gasteiger partial charge in [-0.25, -0.2) is 0 Å².